The maximum absolute atomic E-state index is 5.55. The number of nitrogens with one attached hydrogen (secondary N) is 1. The van der Waals surface area contributed by atoms with Gasteiger partial charge in [0.2, 0.25) is 0 Å². The summed E-state index contributed by atoms with van der Waals surface area (Å²) in [7, 11) is 0. The molecule has 0 saturated carbocycles. The third-order valence-electron chi connectivity index (χ3n) is 2.11. The third-order valence-corrected chi connectivity index (χ3v) is 2.11. The molecule has 1 unspecified atom stereocenters. The first-order valence-corrected chi connectivity index (χ1v) is 4.12. The van der Waals surface area contributed by atoms with E-state index in [4.69, 9.17) is 4.74 Å². The molecule has 72 valence electrons. The summed E-state index contributed by atoms with van der Waals surface area (Å²) < 4.78 is 5.55. The number of hydrogen-bond acceptors (Lipinski definition) is 3. The summed E-state index contributed by atoms with van der Waals surface area (Å²) in [6, 6.07) is 5.84. The molecule has 1 fully saturated rings. The molecule has 2 rings (SSSR count). The smallest absolute Gasteiger partial charge is 0.159 e. The van der Waals surface area contributed by atoms with Gasteiger partial charge in [0.05, 0.1) is 12.3 Å². The van der Waals surface area contributed by atoms with Crippen molar-refractivity contribution in [3.8, 4) is 0 Å². The molecule has 1 N–H and O–H groups in total. The summed E-state index contributed by atoms with van der Waals surface area (Å²) in [6.07, 6.45) is 1.78. The zero-order chi connectivity index (χ0) is 8.44. The summed E-state index contributed by atoms with van der Waals surface area (Å²) in [6.45, 7) is 3.66. The Balaban J connectivity index is 0.000000845. The van der Waals surface area contributed by atoms with Gasteiger partial charge in [0, 0.05) is 12.7 Å². The Kier molecular flexibility index (Phi) is 3.25. The van der Waals surface area contributed by atoms with Crippen LogP contribution in [0.5, 0.6) is 0 Å². The van der Waals surface area contributed by atoms with E-state index in [2.05, 4.69) is 10.3 Å². The average Bonchev–Trinajstić information content (AvgIpc) is 2.55. The van der Waals surface area contributed by atoms with Crippen LogP contribution < -0.4 is 5.32 Å². The maximum atomic E-state index is 5.55. The summed E-state index contributed by atoms with van der Waals surface area (Å²) in [5.41, 5.74) is 0.573. The molecular weight excluding hydrogens is 188 g/mol. The molecule has 3 nitrogen and oxygen atoms in total. The summed E-state index contributed by atoms with van der Waals surface area (Å²) >= 11 is 0. The number of ether oxygens (including phenoxy) is 1. The van der Waals surface area contributed by atoms with Crippen molar-refractivity contribution in [1.29, 1.82) is 0 Å². The fourth-order valence-electron chi connectivity index (χ4n) is 1.41. The van der Waals surface area contributed by atoms with Crippen molar-refractivity contribution in [2.24, 2.45) is 0 Å². The van der Waals surface area contributed by atoms with Crippen molar-refractivity contribution >= 4 is 12.4 Å². The van der Waals surface area contributed by atoms with Crippen molar-refractivity contribution in [3.05, 3.63) is 30.1 Å². The molecule has 2 heterocycles. The van der Waals surface area contributed by atoms with Gasteiger partial charge < -0.3 is 4.74 Å². The lowest BCUT2D eigenvalue weighted by atomic mass is 10.1. The summed E-state index contributed by atoms with van der Waals surface area (Å²) in [5, 5.41) is 3.26. The lowest BCUT2D eigenvalue weighted by molar-refractivity contribution is -0.00118. The highest BCUT2D eigenvalue weighted by Gasteiger charge is 2.32. The minimum absolute atomic E-state index is 0. The molecule has 13 heavy (non-hydrogen) atoms. The molecule has 0 amide bonds. The largest absolute Gasteiger partial charge is 0.354 e. The van der Waals surface area contributed by atoms with E-state index in [1.807, 2.05) is 25.1 Å². The lowest BCUT2D eigenvalue weighted by Crippen LogP contribution is -2.35. The second-order valence-corrected chi connectivity index (χ2v) is 3.02. The van der Waals surface area contributed by atoms with Gasteiger partial charge in [0.1, 0.15) is 0 Å². The van der Waals surface area contributed by atoms with Crippen LogP contribution >= 0.6 is 12.4 Å². The zero-order valence-electron chi connectivity index (χ0n) is 7.49. The van der Waals surface area contributed by atoms with Crippen LogP contribution in [0.25, 0.3) is 0 Å². The predicted octanol–water partition coefficient (Wildman–Crippen LogP) is 1.30. The topological polar surface area (TPSA) is 34.2 Å². The molecule has 4 heteroatoms. The van der Waals surface area contributed by atoms with Crippen LogP contribution in [0.3, 0.4) is 0 Å². The van der Waals surface area contributed by atoms with Gasteiger partial charge in [-0.15, -0.1) is 12.4 Å². The monoisotopic (exact) mass is 200 g/mol. The molecular formula is C9H13ClN2O. The van der Waals surface area contributed by atoms with Crippen molar-refractivity contribution in [1.82, 2.24) is 10.3 Å². The molecule has 1 aliphatic heterocycles. The molecule has 1 aliphatic rings. The molecule has 1 atom stereocenters. The molecule has 0 spiro atoms. The Hall–Kier alpha value is -0.640. The van der Waals surface area contributed by atoms with E-state index in [9.17, 15) is 0 Å². The number of hydrogen-bond donors (Lipinski definition) is 1. The Bertz CT molecular complexity index is 260. The molecule has 0 aromatic carbocycles. The van der Waals surface area contributed by atoms with Gasteiger partial charge in [-0.25, -0.2) is 0 Å². The van der Waals surface area contributed by atoms with Gasteiger partial charge in [-0.1, -0.05) is 6.07 Å². The standard InChI is InChI=1S/C9H12N2O.ClH/c1-9(11-6-7-12-9)8-4-2-3-5-10-8;/h2-5,11H,6-7H2,1H3;1H. The van der Waals surface area contributed by atoms with Gasteiger partial charge in [-0.2, -0.15) is 0 Å². The fourth-order valence-corrected chi connectivity index (χ4v) is 1.41. The third kappa shape index (κ3) is 1.99. The Morgan fingerprint density at radius 3 is 2.92 bits per heavy atom. The number of rotatable bonds is 1. The first kappa shape index (κ1) is 10.4. The highest BCUT2D eigenvalue weighted by Crippen LogP contribution is 2.22. The van der Waals surface area contributed by atoms with E-state index in [0.717, 1.165) is 18.8 Å². The molecule has 1 aromatic heterocycles. The van der Waals surface area contributed by atoms with E-state index >= 15 is 0 Å². The Morgan fingerprint density at radius 1 is 1.54 bits per heavy atom. The second-order valence-electron chi connectivity index (χ2n) is 3.02. The molecule has 1 aromatic rings. The van der Waals surface area contributed by atoms with Crippen molar-refractivity contribution in [3.63, 3.8) is 0 Å². The van der Waals surface area contributed by atoms with E-state index in [-0.39, 0.29) is 18.1 Å². The Morgan fingerprint density at radius 2 is 2.38 bits per heavy atom. The van der Waals surface area contributed by atoms with E-state index in [1.165, 1.54) is 0 Å². The SMILES string of the molecule is CC1(c2ccccn2)NCCO1.Cl. The van der Waals surface area contributed by atoms with Crippen LogP contribution in [-0.2, 0) is 10.5 Å². The van der Waals surface area contributed by atoms with E-state index in [1.54, 1.807) is 6.20 Å². The average molecular weight is 201 g/mol. The van der Waals surface area contributed by atoms with Crippen LogP contribution in [0.15, 0.2) is 24.4 Å². The van der Waals surface area contributed by atoms with Crippen molar-refractivity contribution in [2.75, 3.05) is 13.2 Å². The van der Waals surface area contributed by atoms with Crippen LogP contribution in [-0.4, -0.2) is 18.1 Å². The normalized spacial score (nSPS) is 26.8. The van der Waals surface area contributed by atoms with Gasteiger partial charge in [-0.3, -0.25) is 10.3 Å². The Labute approximate surface area is 83.9 Å². The second kappa shape index (κ2) is 4.05. The molecule has 0 aliphatic carbocycles. The van der Waals surface area contributed by atoms with Gasteiger partial charge in [-0.05, 0) is 19.1 Å². The van der Waals surface area contributed by atoms with Crippen molar-refractivity contribution < 1.29 is 4.74 Å². The first-order chi connectivity index (χ1) is 5.81. The number of nitrogens with zero attached hydrogens (tertiary/aromatic N) is 1. The summed E-state index contributed by atoms with van der Waals surface area (Å²) in [4.78, 5) is 4.24. The zero-order valence-corrected chi connectivity index (χ0v) is 8.30. The van der Waals surface area contributed by atoms with Crippen LogP contribution in [0.4, 0.5) is 0 Å². The molecule has 1 saturated heterocycles. The van der Waals surface area contributed by atoms with Crippen molar-refractivity contribution in [2.45, 2.75) is 12.6 Å². The maximum Gasteiger partial charge on any atom is 0.159 e. The minimum atomic E-state index is -0.374. The van der Waals surface area contributed by atoms with Crippen LogP contribution in [0.2, 0.25) is 0 Å². The number of halogens is 1. The van der Waals surface area contributed by atoms with E-state index < -0.39 is 0 Å². The summed E-state index contributed by atoms with van der Waals surface area (Å²) in [5.74, 6) is 0. The van der Waals surface area contributed by atoms with Gasteiger partial charge in [0.25, 0.3) is 0 Å². The quantitative estimate of drug-likeness (QED) is 0.742. The van der Waals surface area contributed by atoms with Crippen LogP contribution in [0.1, 0.15) is 12.6 Å². The van der Waals surface area contributed by atoms with Gasteiger partial charge in [0.15, 0.2) is 5.72 Å². The van der Waals surface area contributed by atoms with E-state index in [0.29, 0.717) is 0 Å². The van der Waals surface area contributed by atoms with Crippen LogP contribution in [0, 0.1) is 0 Å². The highest BCUT2D eigenvalue weighted by atomic mass is 35.5. The minimum Gasteiger partial charge on any atom is -0.354 e. The number of aromatic nitrogens is 1. The first-order valence-electron chi connectivity index (χ1n) is 4.12. The molecule has 0 radical (unpaired) electrons. The fraction of sp³-hybridized carbons (Fsp3) is 0.444. The lowest BCUT2D eigenvalue weighted by Gasteiger charge is -2.22. The predicted molar refractivity (Wildman–Crippen MR) is 52.8 cm³/mol. The number of pyridine rings is 1. The molecule has 0 bridgehead atoms. The van der Waals surface area contributed by atoms with Gasteiger partial charge >= 0.3 is 0 Å². The highest BCUT2D eigenvalue weighted by molar-refractivity contribution is 5.85.